The van der Waals surface area contributed by atoms with Crippen LogP contribution in [0.3, 0.4) is 0 Å². The molecule has 24 heavy (non-hydrogen) atoms. The second-order valence-electron chi connectivity index (χ2n) is 5.95. The van der Waals surface area contributed by atoms with Crippen LogP contribution in [0.25, 0.3) is 11.5 Å². The molecule has 4 heterocycles. The Bertz CT molecular complexity index is 755. The second kappa shape index (κ2) is 6.84. The van der Waals surface area contributed by atoms with Gasteiger partial charge in [0.05, 0.1) is 6.54 Å². The van der Waals surface area contributed by atoms with Gasteiger partial charge in [-0.3, -0.25) is 5.10 Å². The minimum Gasteiger partial charge on any atom is -0.458 e. The van der Waals surface area contributed by atoms with E-state index in [2.05, 4.69) is 30.4 Å². The lowest BCUT2D eigenvalue weighted by molar-refractivity contribution is 0.395. The molecular weight excluding hydrogens is 304 g/mol. The number of rotatable bonds is 5. The van der Waals surface area contributed by atoms with E-state index in [1.807, 2.05) is 24.3 Å². The molecule has 3 aromatic rings. The van der Waals surface area contributed by atoms with Gasteiger partial charge in [-0.05, 0) is 37.1 Å². The number of furan rings is 1. The molecule has 0 spiro atoms. The maximum Gasteiger partial charge on any atom is 0.225 e. The van der Waals surface area contributed by atoms with E-state index in [1.54, 1.807) is 18.6 Å². The minimum absolute atomic E-state index is 0.406. The summed E-state index contributed by atoms with van der Waals surface area (Å²) in [7, 11) is 0. The summed E-state index contributed by atoms with van der Waals surface area (Å²) in [6.45, 7) is 2.63. The van der Waals surface area contributed by atoms with Gasteiger partial charge in [-0.2, -0.15) is 5.10 Å². The molecule has 3 aromatic heterocycles. The van der Waals surface area contributed by atoms with Gasteiger partial charge in [-0.15, -0.1) is 0 Å². The molecular formula is C17H20N6O. The monoisotopic (exact) mass is 324 g/mol. The fraction of sp³-hybridized carbons (Fsp3) is 0.353. The lowest BCUT2D eigenvalue weighted by Crippen LogP contribution is -2.46. The second-order valence-corrected chi connectivity index (χ2v) is 5.95. The zero-order valence-electron chi connectivity index (χ0n) is 13.4. The van der Waals surface area contributed by atoms with Crippen molar-refractivity contribution in [1.29, 1.82) is 0 Å². The maximum atomic E-state index is 5.86. The number of H-pyrrole nitrogens is 1. The van der Waals surface area contributed by atoms with E-state index < -0.39 is 0 Å². The van der Waals surface area contributed by atoms with Gasteiger partial charge >= 0.3 is 0 Å². The molecule has 1 aliphatic heterocycles. The normalized spacial score (nSPS) is 18.0. The Balaban J connectivity index is 1.34. The fourth-order valence-electron chi connectivity index (χ4n) is 3.04. The smallest absolute Gasteiger partial charge is 0.225 e. The average Bonchev–Trinajstić information content (AvgIpc) is 3.32. The van der Waals surface area contributed by atoms with Gasteiger partial charge in [-0.1, -0.05) is 0 Å². The molecule has 1 saturated heterocycles. The topological polar surface area (TPSA) is 82.9 Å². The van der Waals surface area contributed by atoms with Crippen LogP contribution < -0.4 is 10.2 Å². The third-order valence-electron chi connectivity index (χ3n) is 4.25. The van der Waals surface area contributed by atoms with Crippen molar-refractivity contribution >= 4 is 5.95 Å². The summed E-state index contributed by atoms with van der Waals surface area (Å²) >= 11 is 0. The van der Waals surface area contributed by atoms with Crippen LogP contribution in [0, 0.1) is 0 Å². The third kappa shape index (κ3) is 3.30. The van der Waals surface area contributed by atoms with Crippen LogP contribution in [-0.4, -0.2) is 39.3 Å². The van der Waals surface area contributed by atoms with Crippen molar-refractivity contribution in [2.24, 2.45) is 0 Å². The van der Waals surface area contributed by atoms with Gasteiger partial charge < -0.3 is 14.6 Å². The Morgan fingerprint density at radius 1 is 1.21 bits per heavy atom. The summed E-state index contributed by atoms with van der Waals surface area (Å²) < 4.78 is 5.86. The predicted octanol–water partition coefficient (Wildman–Crippen LogP) is 2.22. The molecule has 124 valence electrons. The number of hydrogen-bond donors (Lipinski definition) is 2. The van der Waals surface area contributed by atoms with Crippen LogP contribution in [0.15, 0.2) is 47.3 Å². The Morgan fingerprint density at radius 3 is 2.96 bits per heavy atom. The summed E-state index contributed by atoms with van der Waals surface area (Å²) in [5.41, 5.74) is 0.895. The number of piperidine rings is 1. The number of hydrogen-bond acceptors (Lipinski definition) is 6. The highest BCUT2D eigenvalue weighted by Crippen LogP contribution is 2.20. The Morgan fingerprint density at radius 2 is 2.12 bits per heavy atom. The molecule has 7 nitrogen and oxygen atoms in total. The third-order valence-corrected chi connectivity index (χ3v) is 4.25. The number of nitrogens with one attached hydrogen (secondary N) is 2. The molecule has 1 fully saturated rings. The maximum absolute atomic E-state index is 5.86. The van der Waals surface area contributed by atoms with Crippen LogP contribution in [0.2, 0.25) is 0 Å². The summed E-state index contributed by atoms with van der Waals surface area (Å²) in [5.74, 6) is 2.54. The highest BCUT2D eigenvalue weighted by atomic mass is 16.3. The Kier molecular flexibility index (Phi) is 4.24. The molecule has 0 radical (unpaired) electrons. The van der Waals surface area contributed by atoms with Crippen molar-refractivity contribution in [3.8, 4) is 11.5 Å². The number of anilines is 1. The number of aromatic nitrogens is 4. The molecule has 0 aromatic carbocycles. The molecule has 4 rings (SSSR count). The first-order chi connectivity index (χ1) is 11.9. The van der Waals surface area contributed by atoms with Gasteiger partial charge in [0.15, 0.2) is 5.76 Å². The van der Waals surface area contributed by atoms with Crippen LogP contribution >= 0.6 is 0 Å². The number of nitrogens with zero attached hydrogens (tertiary/aromatic N) is 4. The van der Waals surface area contributed by atoms with E-state index in [-0.39, 0.29) is 0 Å². The van der Waals surface area contributed by atoms with Crippen molar-refractivity contribution in [1.82, 2.24) is 25.5 Å². The zero-order chi connectivity index (χ0) is 16.2. The summed E-state index contributed by atoms with van der Waals surface area (Å²) in [6, 6.07) is 8.12. The Hall–Kier alpha value is -2.67. The number of aromatic amines is 1. The largest absolute Gasteiger partial charge is 0.458 e. The van der Waals surface area contributed by atoms with Gasteiger partial charge in [0, 0.05) is 37.7 Å². The summed E-state index contributed by atoms with van der Waals surface area (Å²) in [4.78, 5) is 10.9. The molecule has 0 bridgehead atoms. The van der Waals surface area contributed by atoms with E-state index in [4.69, 9.17) is 4.42 Å². The van der Waals surface area contributed by atoms with Crippen molar-refractivity contribution in [2.45, 2.75) is 25.4 Å². The summed E-state index contributed by atoms with van der Waals surface area (Å²) in [5, 5.41) is 10.4. The van der Waals surface area contributed by atoms with Crippen molar-refractivity contribution in [3.05, 3.63) is 48.6 Å². The molecule has 1 aliphatic rings. The van der Waals surface area contributed by atoms with E-state index in [9.17, 15) is 0 Å². The predicted molar refractivity (Wildman–Crippen MR) is 90.4 cm³/mol. The first-order valence-electron chi connectivity index (χ1n) is 8.22. The van der Waals surface area contributed by atoms with Gasteiger partial charge in [0.25, 0.3) is 0 Å². The minimum atomic E-state index is 0.406. The quantitative estimate of drug-likeness (QED) is 0.749. The fourth-order valence-corrected chi connectivity index (χ4v) is 3.04. The van der Waals surface area contributed by atoms with Crippen molar-refractivity contribution < 1.29 is 4.42 Å². The zero-order valence-corrected chi connectivity index (χ0v) is 13.4. The van der Waals surface area contributed by atoms with Crippen LogP contribution in [0.4, 0.5) is 5.95 Å². The molecule has 2 N–H and O–H groups in total. The first-order valence-corrected chi connectivity index (χ1v) is 8.22. The highest BCUT2D eigenvalue weighted by Gasteiger charge is 2.21. The highest BCUT2D eigenvalue weighted by molar-refractivity contribution is 5.51. The molecule has 7 heteroatoms. The SMILES string of the molecule is c1cnc(N2CCC[C@H](NCc3ccc(-c4ccn[nH]4)o3)C2)nc1. The van der Waals surface area contributed by atoms with E-state index in [0.29, 0.717) is 12.6 Å². The van der Waals surface area contributed by atoms with E-state index in [0.717, 1.165) is 49.1 Å². The standard InChI is InChI=1S/C17H20N6O/c1-3-13(12-23(10-1)17-18-7-2-8-19-17)20-11-14-4-5-16(24-14)15-6-9-21-22-15/h2,4-9,13,20H,1,3,10-12H2,(H,21,22)/t13-/m0/s1. The lowest BCUT2D eigenvalue weighted by atomic mass is 10.1. The molecule has 0 saturated carbocycles. The molecule has 0 aliphatic carbocycles. The van der Waals surface area contributed by atoms with E-state index >= 15 is 0 Å². The lowest BCUT2D eigenvalue weighted by Gasteiger charge is -2.33. The van der Waals surface area contributed by atoms with Crippen LogP contribution in [-0.2, 0) is 6.54 Å². The van der Waals surface area contributed by atoms with Gasteiger partial charge in [-0.25, -0.2) is 9.97 Å². The van der Waals surface area contributed by atoms with Crippen molar-refractivity contribution in [3.63, 3.8) is 0 Å². The van der Waals surface area contributed by atoms with E-state index in [1.165, 1.54) is 0 Å². The first kappa shape index (κ1) is 14.9. The Labute approximate surface area is 140 Å². The van der Waals surface area contributed by atoms with Crippen LogP contribution in [0.1, 0.15) is 18.6 Å². The van der Waals surface area contributed by atoms with Gasteiger partial charge in [0.2, 0.25) is 5.95 Å². The summed E-state index contributed by atoms with van der Waals surface area (Å²) in [6.07, 6.45) is 7.58. The molecule has 0 unspecified atom stereocenters. The molecule has 1 atom stereocenters. The average molecular weight is 324 g/mol. The molecule has 0 amide bonds. The van der Waals surface area contributed by atoms with Gasteiger partial charge in [0.1, 0.15) is 11.5 Å². The van der Waals surface area contributed by atoms with Crippen LogP contribution in [0.5, 0.6) is 0 Å². The van der Waals surface area contributed by atoms with Crippen molar-refractivity contribution in [2.75, 3.05) is 18.0 Å².